The molecule has 4 aromatic carbocycles. The van der Waals surface area contributed by atoms with Crippen molar-refractivity contribution >= 4 is 40.7 Å². The van der Waals surface area contributed by atoms with E-state index >= 15 is 0 Å². The smallest absolute Gasteiger partial charge is 0.185 e. The van der Waals surface area contributed by atoms with Crippen LogP contribution in [-0.2, 0) is 0 Å². The number of nitrogens with zero attached hydrogens (tertiary/aromatic N) is 1. The summed E-state index contributed by atoms with van der Waals surface area (Å²) in [6, 6.07) is 20.6. The first-order chi connectivity index (χ1) is 20.8. The first-order valence-electron chi connectivity index (χ1n) is 13.8. The summed E-state index contributed by atoms with van der Waals surface area (Å²) in [5, 5.41) is 0.503. The fraction of sp³-hybridized carbons (Fsp3) is 0.171. The Balaban J connectivity index is 1.58. The highest BCUT2D eigenvalue weighted by atomic mass is 35.5. The standard InChI is InChI=1S/C35H25ClFNO5/c1-42-23-13-15-28(43-2)26(18-23)30-31(32(39)19-7-11-22(37)12-8-19)38-27-14-10-21(36)17-20(27)9-16-29(38)35(30)33(40)24-5-3-4-6-25(24)34(35)41/h3-18,29-31H,1-2H3/t29-,30+,31-/m1/s1. The third kappa shape index (κ3) is 3.74. The Hall–Kier alpha value is -4.75. The third-order valence-electron chi connectivity index (χ3n) is 8.94. The number of halogens is 2. The fourth-order valence-corrected chi connectivity index (χ4v) is 7.34. The molecule has 214 valence electrons. The van der Waals surface area contributed by atoms with Crippen molar-refractivity contribution in [3.05, 3.63) is 130 Å². The van der Waals surface area contributed by atoms with Gasteiger partial charge in [-0.3, -0.25) is 14.4 Å². The molecule has 1 spiro atoms. The van der Waals surface area contributed by atoms with Crippen molar-refractivity contribution < 1.29 is 28.2 Å². The summed E-state index contributed by atoms with van der Waals surface area (Å²) in [6.45, 7) is 0. The monoisotopic (exact) mass is 593 g/mol. The molecular weight excluding hydrogens is 569 g/mol. The van der Waals surface area contributed by atoms with E-state index in [1.54, 1.807) is 60.7 Å². The lowest BCUT2D eigenvalue weighted by atomic mass is 9.64. The number of hydrogen-bond acceptors (Lipinski definition) is 6. The maximum absolute atomic E-state index is 14.8. The Morgan fingerprint density at radius 3 is 2.23 bits per heavy atom. The molecule has 0 bridgehead atoms. The van der Waals surface area contributed by atoms with Gasteiger partial charge in [0.15, 0.2) is 17.3 Å². The lowest BCUT2D eigenvalue weighted by molar-refractivity contribution is 0.0664. The van der Waals surface area contributed by atoms with Crippen LogP contribution in [0.5, 0.6) is 11.5 Å². The number of methoxy groups -OCH3 is 2. The summed E-state index contributed by atoms with van der Waals surface area (Å²) in [5.41, 5.74) is 1.01. The van der Waals surface area contributed by atoms with Crippen LogP contribution in [0.1, 0.15) is 48.1 Å². The van der Waals surface area contributed by atoms with Gasteiger partial charge in [0.2, 0.25) is 0 Å². The molecule has 6 nitrogen and oxygen atoms in total. The molecule has 7 rings (SSSR count). The van der Waals surface area contributed by atoms with Gasteiger partial charge in [0.25, 0.3) is 0 Å². The van der Waals surface area contributed by atoms with E-state index in [-0.39, 0.29) is 22.9 Å². The van der Waals surface area contributed by atoms with Crippen LogP contribution in [0.15, 0.2) is 91.0 Å². The van der Waals surface area contributed by atoms with Crippen LogP contribution >= 0.6 is 11.6 Å². The van der Waals surface area contributed by atoms with E-state index in [1.807, 2.05) is 17.1 Å². The van der Waals surface area contributed by atoms with Gasteiger partial charge in [0, 0.05) is 38.9 Å². The summed E-state index contributed by atoms with van der Waals surface area (Å²) < 4.78 is 25.4. The van der Waals surface area contributed by atoms with E-state index in [9.17, 15) is 18.8 Å². The Morgan fingerprint density at radius 1 is 0.884 bits per heavy atom. The molecule has 8 heteroatoms. The zero-order valence-electron chi connectivity index (χ0n) is 23.2. The molecular formula is C35H25ClFNO5. The largest absolute Gasteiger partial charge is 0.497 e. The summed E-state index contributed by atoms with van der Waals surface area (Å²) in [4.78, 5) is 46.2. The molecule has 4 aromatic rings. The van der Waals surface area contributed by atoms with Crippen molar-refractivity contribution in [3.8, 4) is 11.5 Å². The van der Waals surface area contributed by atoms with Crippen molar-refractivity contribution in [1.82, 2.24) is 0 Å². The summed E-state index contributed by atoms with van der Waals surface area (Å²) in [5.74, 6) is -1.73. The van der Waals surface area contributed by atoms with E-state index < -0.39 is 29.2 Å². The number of carbonyl (C=O) groups excluding carboxylic acids is 3. The normalized spacial score (nSPS) is 21.0. The molecule has 0 saturated carbocycles. The predicted molar refractivity (Wildman–Crippen MR) is 161 cm³/mol. The number of fused-ring (bicyclic) bond motifs is 5. The zero-order valence-corrected chi connectivity index (χ0v) is 24.0. The molecule has 1 saturated heterocycles. The van der Waals surface area contributed by atoms with Crippen LogP contribution in [0, 0.1) is 11.2 Å². The van der Waals surface area contributed by atoms with E-state index in [0.29, 0.717) is 38.9 Å². The van der Waals surface area contributed by atoms with Gasteiger partial charge in [-0.15, -0.1) is 0 Å². The van der Waals surface area contributed by atoms with Crippen LogP contribution in [0.2, 0.25) is 5.02 Å². The van der Waals surface area contributed by atoms with Gasteiger partial charge in [-0.05, 0) is 66.2 Å². The van der Waals surface area contributed by atoms with Crippen molar-refractivity contribution in [2.45, 2.75) is 18.0 Å². The van der Waals surface area contributed by atoms with Gasteiger partial charge in [-0.25, -0.2) is 4.39 Å². The van der Waals surface area contributed by atoms with Gasteiger partial charge in [0.1, 0.15) is 28.8 Å². The molecule has 2 aliphatic heterocycles. The number of Topliss-reactive ketones (excluding diaryl/α,β-unsaturated/α-hetero) is 3. The minimum atomic E-state index is -1.72. The van der Waals surface area contributed by atoms with Crippen LogP contribution < -0.4 is 14.4 Å². The van der Waals surface area contributed by atoms with Crippen LogP contribution in [0.3, 0.4) is 0 Å². The number of rotatable bonds is 5. The summed E-state index contributed by atoms with van der Waals surface area (Å²) >= 11 is 6.36. The van der Waals surface area contributed by atoms with Gasteiger partial charge < -0.3 is 14.4 Å². The highest BCUT2D eigenvalue weighted by molar-refractivity contribution is 6.33. The Kier molecular flexibility index (Phi) is 6.25. The second kappa shape index (κ2) is 9.92. The van der Waals surface area contributed by atoms with Gasteiger partial charge >= 0.3 is 0 Å². The summed E-state index contributed by atoms with van der Waals surface area (Å²) in [6.07, 6.45) is 3.66. The van der Waals surface area contributed by atoms with Crippen molar-refractivity contribution in [2.75, 3.05) is 19.1 Å². The van der Waals surface area contributed by atoms with E-state index in [2.05, 4.69) is 0 Å². The second-order valence-corrected chi connectivity index (χ2v) is 11.3. The van der Waals surface area contributed by atoms with Crippen molar-refractivity contribution in [2.24, 2.45) is 5.41 Å². The highest BCUT2D eigenvalue weighted by Gasteiger charge is 2.72. The maximum Gasteiger partial charge on any atom is 0.185 e. The molecule has 0 radical (unpaired) electrons. The molecule has 3 aliphatic rings. The van der Waals surface area contributed by atoms with Crippen molar-refractivity contribution in [1.29, 1.82) is 0 Å². The molecule has 3 atom stereocenters. The second-order valence-electron chi connectivity index (χ2n) is 10.9. The first-order valence-corrected chi connectivity index (χ1v) is 14.2. The quantitative estimate of drug-likeness (QED) is 0.187. The highest BCUT2D eigenvalue weighted by Crippen LogP contribution is 2.62. The lowest BCUT2D eigenvalue weighted by Gasteiger charge is -2.37. The molecule has 2 heterocycles. The topological polar surface area (TPSA) is 72.9 Å². The van der Waals surface area contributed by atoms with Gasteiger partial charge in [-0.1, -0.05) is 48.0 Å². The number of carbonyl (C=O) groups is 3. The Morgan fingerprint density at radius 2 is 1.58 bits per heavy atom. The average Bonchev–Trinajstić information content (AvgIpc) is 3.46. The fourth-order valence-electron chi connectivity index (χ4n) is 7.16. The molecule has 1 fully saturated rings. The van der Waals surface area contributed by atoms with E-state index in [1.165, 1.54) is 38.5 Å². The van der Waals surface area contributed by atoms with Crippen molar-refractivity contribution in [3.63, 3.8) is 0 Å². The van der Waals surface area contributed by atoms with Crippen LogP contribution in [-0.4, -0.2) is 43.7 Å². The Bertz CT molecular complexity index is 1830. The predicted octanol–water partition coefficient (Wildman–Crippen LogP) is 6.81. The minimum absolute atomic E-state index is 0.245. The van der Waals surface area contributed by atoms with Gasteiger partial charge in [0.05, 0.1) is 20.3 Å². The summed E-state index contributed by atoms with van der Waals surface area (Å²) in [7, 11) is 3.02. The van der Waals surface area contributed by atoms with Crippen LogP contribution in [0.25, 0.3) is 6.08 Å². The third-order valence-corrected chi connectivity index (χ3v) is 9.17. The first kappa shape index (κ1) is 27.1. The molecule has 0 aromatic heterocycles. The number of benzene rings is 4. The molecule has 0 unspecified atom stereocenters. The minimum Gasteiger partial charge on any atom is -0.497 e. The molecule has 0 N–H and O–H groups in total. The maximum atomic E-state index is 14.8. The van der Waals surface area contributed by atoms with Crippen LogP contribution in [0.4, 0.5) is 10.1 Å². The Labute approximate surface area is 252 Å². The number of ketones is 3. The van der Waals surface area contributed by atoms with E-state index in [0.717, 1.165) is 5.56 Å². The number of anilines is 1. The zero-order chi connectivity index (χ0) is 30.0. The molecule has 1 aliphatic carbocycles. The SMILES string of the molecule is COc1ccc(OC)c([C@H]2[C@H](C(=O)c3ccc(F)cc3)N3c4ccc(Cl)cc4C=C[C@@H]3C23C(=O)c2ccccc2C3=O)c1. The molecule has 43 heavy (non-hydrogen) atoms. The van der Waals surface area contributed by atoms with E-state index in [4.69, 9.17) is 21.1 Å². The van der Waals surface area contributed by atoms with Gasteiger partial charge in [-0.2, -0.15) is 0 Å². The lowest BCUT2D eigenvalue weighted by Crippen LogP contribution is -2.48. The number of hydrogen-bond donors (Lipinski definition) is 0. The molecule has 0 amide bonds. The average molecular weight is 594 g/mol. The number of ether oxygens (including phenoxy) is 2.